The smallest absolute Gasteiger partial charge is 0.339 e. The van der Waals surface area contributed by atoms with Gasteiger partial charge in [0.05, 0.1) is 12.2 Å². The summed E-state index contributed by atoms with van der Waals surface area (Å²) in [5.74, 6) is -0.341. The van der Waals surface area contributed by atoms with Gasteiger partial charge in [-0.1, -0.05) is 0 Å². The molecule has 15 heavy (non-hydrogen) atoms. The van der Waals surface area contributed by atoms with Crippen LogP contribution in [0.3, 0.4) is 0 Å². The molecule has 0 aliphatic heterocycles. The second kappa shape index (κ2) is 6.95. The number of nitrogens with zero attached hydrogens (tertiary/aromatic N) is 1. The van der Waals surface area contributed by atoms with Crippen LogP contribution in [0.4, 0.5) is 0 Å². The van der Waals surface area contributed by atoms with Gasteiger partial charge in [0, 0.05) is 19.0 Å². The third kappa shape index (κ3) is 4.56. The van der Waals surface area contributed by atoms with Crippen LogP contribution in [-0.4, -0.2) is 29.3 Å². The number of aliphatic hydroxyl groups excluding tert-OH is 1. The van der Waals surface area contributed by atoms with E-state index in [1.807, 2.05) is 0 Å². The van der Waals surface area contributed by atoms with Gasteiger partial charge in [-0.25, -0.2) is 4.79 Å². The fourth-order valence-corrected chi connectivity index (χ4v) is 1.12. The first kappa shape index (κ1) is 11.7. The van der Waals surface area contributed by atoms with Gasteiger partial charge in [-0.2, -0.15) is 0 Å². The van der Waals surface area contributed by atoms with Crippen molar-refractivity contribution in [3.05, 3.63) is 30.1 Å². The van der Waals surface area contributed by atoms with Gasteiger partial charge in [-0.15, -0.1) is 0 Å². The van der Waals surface area contributed by atoms with Crippen molar-refractivity contribution in [1.82, 2.24) is 4.98 Å². The SMILES string of the molecule is O=C(OCCCCCO)c1cccnc1. The lowest BCUT2D eigenvalue weighted by atomic mass is 10.2. The van der Waals surface area contributed by atoms with Crippen molar-refractivity contribution in [2.24, 2.45) is 0 Å². The summed E-state index contributed by atoms with van der Waals surface area (Å²) in [6, 6.07) is 3.37. The van der Waals surface area contributed by atoms with Crippen LogP contribution < -0.4 is 0 Å². The molecule has 0 saturated heterocycles. The van der Waals surface area contributed by atoms with Gasteiger partial charge >= 0.3 is 5.97 Å². The van der Waals surface area contributed by atoms with Crippen LogP contribution in [-0.2, 0) is 4.74 Å². The Morgan fingerprint density at radius 3 is 2.93 bits per heavy atom. The summed E-state index contributed by atoms with van der Waals surface area (Å²) in [6.45, 7) is 0.588. The Hall–Kier alpha value is -1.42. The predicted molar refractivity (Wildman–Crippen MR) is 55.5 cm³/mol. The molecule has 0 unspecified atom stereocenters. The highest BCUT2D eigenvalue weighted by Crippen LogP contribution is 2.01. The zero-order chi connectivity index (χ0) is 10.9. The highest BCUT2D eigenvalue weighted by atomic mass is 16.5. The molecule has 0 saturated carbocycles. The van der Waals surface area contributed by atoms with Crippen molar-refractivity contribution in [3.8, 4) is 0 Å². The third-order valence-electron chi connectivity index (χ3n) is 1.93. The van der Waals surface area contributed by atoms with Crippen molar-refractivity contribution in [2.75, 3.05) is 13.2 Å². The second-order valence-electron chi connectivity index (χ2n) is 3.16. The van der Waals surface area contributed by atoms with E-state index in [1.54, 1.807) is 18.3 Å². The molecule has 0 bridgehead atoms. The molecular weight excluding hydrogens is 194 g/mol. The molecule has 1 heterocycles. The minimum absolute atomic E-state index is 0.191. The molecule has 0 aliphatic rings. The Balaban J connectivity index is 2.20. The molecule has 1 rings (SSSR count). The normalized spacial score (nSPS) is 9.93. The second-order valence-corrected chi connectivity index (χ2v) is 3.16. The minimum atomic E-state index is -0.341. The average Bonchev–Trinajstić information content (AvgIpc) is 2.30. The molecule has 0 spiro atoms. The molecule has 4 nitrogen and oxygen atoms in total. The van der Waals surface area contributed by atoms with E-state index in [0.717, 1.165) is 19.3 Å². The molecule has 0 radical (unpaired) electrons. The lowest BCUT2D eigenvalue weighted by Gasteiger charge is -2.03. The third-order valence-corrected chi connectivity index (χ3v) is 1.93. The lowest BCUT2D eigenvalue weighted by molar-refractivity contribution is 0.0496. The molecule has 82 valence electrons. The van der Waals surface area contributed by atoms with E-state index in [4.69, 9.17) is 9.84 Å². The van der Waals surface area contributed by atoms with Crippen LogP contribution in [0.1, 0.15) is 29.6 Å². The van der Waals surface area contributed by atoms with E-state index in [-0.39, 0.29) is 12.6 Å². The number of aromatic nitrogens is 1. The number of rotatable bonds is 6. The maximum Gasteiger partial charge on any atom is 0.339 e. The Morgan fingerprint density at radius 2 is 2.27 bits per heavy atom. The average molecular weight is 209 g/mol. The summed E-state index contributed by atoms with van der Waals surface area (Å²) in [5.41, 5.74) is 0.472. The molecule has 0 aromatic carbocycles. The summed E-state index contributed by atoms with van der Waals surface area (Å²) in [7, 11) is 0. The summed E-state index contributed by atoms with van der Waals surface area (Å²) < 4.78 is 5.01. The molecule has 4 heteroatoms. The van der Waals surface area contributed by atoms with Crippen LogP contribution in [0.25, 0.3) is 0 Å². The molecule has 0 amide bonds. The molecule has 0 atom stereocenters. The zero-order valence-electron chi connectivity index (χ0n) is 8.56. The molecule has 1 aromatic heterocycles. The maximum absolute atomic E-state index is 11.4. The Labute approximate surface area is 88.9 Å². The number of hydrogen-bond acceptors (Lipinski definition) is 4. The number of hydrogen-bond donors (Lipinski definition) is 1. The molecule has 0 fully saturated rings. The minimum Gasteiger partial charge on any atom is -0.462 e. The number of aliphatic hydroxyl groups is 1. The Kier molecular flexibility index (Phi) is 5.40. The number of carbonyl (C=O) groups is 1. The monoisotopic (exact) mass is 209 g/mol. The Morgan fingerprint density at radius 1 is 1.40 bits per heavy atom. The molecular formula is C11H15NO3. The van der Waals surface area contributed by atoms with Crippen LogP contribution in [0.2, 0.25) is 0 Å². The highest BCUT2D eigenvalue weighted by molar-refractivity contribution is 5.88. The van der Waals surface area contributed by atoms with Gasteiger partial charge in [0.25, 0.3) is 0 Å². The molecule has 0 aliphatic carbocycles. The van der Waals surface area contributed by atoms with Crippen LogP contribution in [0, 0.1) is 0 Å². The number of pyridine rings is 1. The van der Waals surface area contributed by atoms with E-state index in [1.165, 1.54) is 6.20 Å². The number of carbonyl (C=O) groups excluding carboxylic acids is 1. The van der Waals surface area contributed by atoms with Gasteiger partial charge in [0.1, 0.15) is 0 Å². The topological polar surface area (TPSA) is 59.4 Å². The molecule has 1 N–H and O–H groups in total. The number of unbranched alkanes of at least 4 members (excludes halogenated alkanes) is 2. The Bertz CT molecular complexity index is 287. The maximum atomic E-state index is 11.4. The van der Waals surface area contributed by atoms with Crippen molar-refractivity contribution < 1.29 is 14.6 Å². The fraction of sp³-hybridized carbons (Fsp3) is 0.455. The molecule has 1 aromatic rings. The standard InChI is InChI=1S/C11H15NO3/c13-7-2-1-3-8-15-11(14)10-5-4-6-12-9-10/h4-6,9,13H,1-3,7-8H2. The van der Waals surface area contributed by atoms with Gasteiger partial charge in [0.15, 0.2) is 0 Å². The summed E-state index contributed by atoms with van der Waals surface area (Å²) >= 11 is 0. The van der Waals surface area contributed by atoms with Crippen molar-refractivity contribution in [2.45, 2.75) is 19.3 Å². The summed E-state index contributed by atoms with van der Waals surface area (Å²) in [4.78, 5) is 15.2. The summed E-state index contributed by atoms with van der Waals surface area (Å²) in [5, 5.41) is 8.54. The van der Waals surface area contributed by atoms with Crippen molar-refractivity contribution in [1.29, 1.82) is 0 Å². The number of ether oxygens (including phenoxy) is 1. The van der Waals surface area contributed by atoms with Gasteiger partial charge in [-0.3, -0.25) is 4.98 Å². The van der Waals surface area contributed by atoms with E-state index in [2.05, 4.69) is 4.98 Å². The van der Waals surface area contributed by atoms with Crippen molar-refractivity contribution >= 4 is 5.97 Å². The summed E-state index contributed by atoms with van der Waals surface area (Å²) in [6.07, 6.45) is 5.50. The first-order valence-electron chi connectivity index (χ1n) is 5.02. The fourth-order valence-electron chi connectivity index (χ4n) is 1.12. The van der Waals surface area contributed by atoms with E-state index < -0.39 is 0 Å². The largest absolute Gasteiger partial charge is 0.462 e. The van der Waals surface area contributed by atoms with Gasteiger partial charge in [0.2, 0.25) is 0 Å². The van der Waals surface area contributed by atoms with Gasteiger partial charge < -0.3 is 9.84 Å². The van der Waals surface area contributed by atoms with Crippen LogP contribution >= 0.6 is 0 Å². The van der Waals surface area contributed by atoms with E-state index >= 15 is 0 Å². The van der Waals surface area contributed by atoms with Crippen LogP contribution in [0.15, 0.2) is 24.5 Å². The quantitative estimate of drug-likeness (QED) is 0.568. The van der Waals surface area contributed by atoms with E-state index in [0.29, 0.717) is 12.2 Å². The van der Waals surface area contributed by atoms with Gasteiger partial charge in [-0.05, 0) is 31.4 Å². The van der Waals surface area contributed by atoms with E-state index in [9.17, 15) is 4.79 Å². The predicted octanol–water partition coefficient (Wildman–Crippen LogP) is 1.40. The number of esters is 1. The van der Waals surface area contributed by atoms with Crippen LogP contribution in [0.5, 0.6) is 0 Å². The lowest BCUT2D eigenvalue weighted by Crippen LogP contribution is -2.06. The highest BCUT2D eigenvalue weighted by Gasteiger charge is 2.05. The zero-order valence-corrected chi connectivity index (χ0v) is 8.56. The first-order chi connectivity index (χ1) is 7.34. The van der Waals surface area contributed by atoms with Crippen molar-refractivity contribution in [3.63, 3.8) is 0 Å². The first-order valence-corrected chi connectivity index (χ1v) is 5.02.